The molecule has 0 heterocycles. The lowest BCUT2D eigenvalue weighted by Crippen LogP contribution is -2.25. The molecule has 0 aliphatic rings. The lowest BCUT2D eigenvalue weighted by atomic mass is 10.0. The number of hydrogen-bond donors (Lipinski definition) is 1. The zero-order valence-electron chi connectivity index (χ0n) is 19.4. The molecule has 0 aromatic heterocycles. The van der Waals surface area contributed by atoms with Crippen LogP contribution < -0.4 is 4.74 Å². The number of benzene rings is 4. The molecule has 0 saturated heterocycles. The van der Waals surface area contributed by atoms with Crippen molar-refractivity contribution in [2.24, 2.45) is 0 Å². The Morgan fingerprint density at radius 2 is 1.24 bits per heavy atom. The van der Waals surface area contributed by atoms with Crippen LogP contribution in [0, 0.1) is 0 Å². The Labute approximate surface area is 201 Å². The second-order valence-corrected chi connectivity index (χ2v) is 8.37. The van der Waals surface area contributed by atoms with Crippen LogP contribution in [0.1, 0.15) is 27.0 Å². The normalized spacial score (nSPS) is 10.9. The van der Waals surface area contributed by atoms with Gasteiger partial charge in [0, 0.05) is 19.6 Å². The molecule has 0 spiro atoms. The SMILES string of the molecule is COc1ccc(CN(CCc2ccccc2)Cc2ccc(-c3ccc(C(=O)O)cc3)cc2)cc1. The molecule has 0 bridgehead atoms. The number of carboxylic acid groups (broad SMARTS) is 1. The van der Waals surface area contributed by atoms with Gasteiger partial charge in [0.15, 0.2) is 0 Å². The van der Waals surface area contributed by atoms with Crippen molar-refractivity contribution >= 4 is 5.97 Å². The first-order valence-electron chi connectivity index (χ1n) is 11.4. The Morgan fingerprint density at radius 3 is 1.76 bits per heavy atom. The molecule has 0 aliphatic heterocycles. The second kappa shape index (κ2) is 11.3. The first-order valence-corrected chi connectivity index (χ1v) is 11.4. The summed E-state index contributed by atoms with van der Waals surface area (Å²) >= 11 is 0. The van der Waals surface area contributed by atoms with Gasteiger partial charge in [-0.05, 0) is 58.5 Å². The number of methoxy groups -OCH3 is 1. The van der Waals surface area contributed by atoms with Gasteiger partial charge in [0.25, 0.3) is 0 Å². The molecule has 0 unspecified atom stereocenters. The zero-order valence-corrected chi connectivity index (χ0v) is 19.4. The van der Waals surface area contributed by atoms with E-state index in [0.29, 0.717) is 5.56 Å². The highest BCUT2D eigenvalue weighted by atomic mass is 16.5. The average Bonchev–Trinajstić information content (AvgIpc) is 2.89. The Morgan fingerprint density at radius 1 is 0.706 bits per heavy atom. The lowest BCUT2D eigenvalue weighted by molar-refractivity contribution is 0.0697. The van der Waals surface area contributed by atoms with E-state index in [-0.39, 0.29) is 0 Å². The molecule has 0 amide bonds. The number of nitrogens with zero attached hydrogens (tertiary/aromatic N) is 1. The molecule has 172 valence electrons. The van der Waals surface area contributed by atoms with E-state index < -0.39 is 5.97 Å². The third-order valence-electron chi connectivity index (χ3n) is 5.95. The van der Waals surface area contributed by atoms with Crippen LogP contribution in [0.2, 0.25) is 0 Å². The van der Waals surface area contributed by atoms with Gasteiger partial charge in [-0.2, -0.15) is 0 Å². The van der Waals surface area contributed by atoms with Crippen molar-refractivity contribution < 1.29 is 14.6 Å². The van der Waals surface area contributed by atoms with Crippen molar-refractivity contribution in [3.63, 3.8) is 0 Å². The van der Waals surface area contributed by atoms with Crippen LogP contribution in [0.4, 0.5) is 0 Å². The molecule has 0 radical (unpaired) electrons. The molecule has 0 saturated carbocycles. The van der Waals surface area contributed by atoms with Gasteiger partial charge >= 0.3 is 5.97 Å². The molecule has 0 fully saturated rings. The van der Waals surface area contributed by atoms with Crippen LogP contribution in [-0.4, -0.2) is 29.6 Å². The summed E-state index contributed by atoms with van der Waals surface area (Å²) < 4.78 is 5.30. The number of rotatable bonds is 10. The summed E-state index contributed by atoms with van der Waals surface area (Å²) in [7, 11) is 1.69. The Hall–Kier alpha value is -3.89. The molecule has 4 aromatic carbocycles. The van der Waals surface area contributed by atoms with Crippen molar-refractivity contribution in [2.75, 3.05) is 13.7 Å². The van der Waals surface area contributed by atoms with E-state index in [0.717, 1.165) is 42.9 Å². The number of hydrogen-bond acceptors (Lipinski definition) is 3. The standard InChI is InChI=1S/C30H29NO3/c1-34-29-17-9-25(10-18-29)22-31(20-19-23-5-3-2-4-6-23)21-24-7-11-26(12-8-24)27-13-15-28(16-14-27)30(32)33/h2-18H,19-22H2,1H3,(H,32,33). The van der Waals surface area contributed by atoms with Gasteiger partial charge < -0.3 is 9.84 Å². The minimum Gasteiger partial charge on any atom is -0.497 e. The smallest absolute Gasteiger partial charge is 0.335 e. The van der Waals surface area contributed by atoms with Gasteiger partial charge in [-0.3, -0.25) is 4.90 Å². The van der Waals surface area contributed by atoms with Gasteiger partial charge in [-0.25, -0.2) is 4.79 Å². The minimum absolute atomic E-state index is 0.299. The first kappa shape index (κ1) is 23.3. The van der Waals surface area contributed by atoms with Crippen LogP contribution in [-0.2, 0) is 19.5 Å². The summed E-state index contributed by atoms with van der Waals surface area (Å²) in [5.41, 5.74) is 6.22. The van der Waals surface area contributed by atoms with Crippen molar-refractivity contribution in [3.05, 3.63) is 125 Å². The first-order chi connectivity index (χ1) is 16.6. The highest BCUT2D eigenvalue weighted by molar-refractivity contribution is 5.88. The average molecular weight is 452 g/mol. The highest BCUT2D eigenvalue weighted by Gasteiger charge is 2.09. The van der Waals surface area contributed by atoms with Gasteiger partial charge in [0.05, 0.1) is 12.7 Å². The molecule has 4 aromatic rings. The maximum absolute atomic E-state index is 11.1. The molecule has 0 atom stereocenters. The third kappa shape index (κ3) is 6.33. The molecule has 4 nitrogen and oxygen atoms in total. The maximum atomic E-state index is 11.1. The van der Waals surface area contributed by atoms with Gasteiger partial charge in [0.1, 0.15) is 5.75 Å². The molecular formula is C30H29NO3. The Bertz CT molecular complexity index is 1180. The Balaban J connectivity index is 1.46. The van der Waals surface area contributed by atoms with E-state index in [2.05, 4.69) is 71.6 Å². The number of aromatic carboxylic acids is 1. The quantitative estimate of drug-likeness (QED) is 0.307. The van der Waals surface area contributed by atoms with E-state index in [1.54, 1.807) is 19.2 Å². The predicted molar refractivity (Wildman–Crippen MR) is 136 cm³/mol. The molecule has 4 heteroatoms. The van der Waals surface area contributed by atoms with E-state index >= 15 is 0 Å². The van der Waals surface area contributed by atoms with Crippen LogP contribution in [0.5, 0.6) is 5.75 Å². The fourth-order valence-corrected chi connectivity index (χ4v) is 4.00. The van der Waals surface area contributed by atoms with E-state index in [4.69, 9.17) is 9.84 Å². The summed E-state index contributed by atoms with van der Waals surface area (Å²) in [6.07, 6.45) is 0.991. The summed E-state index contributed by atoms with van der Waals surface area (Å²) in [4.78, 5) is 13.6. The Kier molecular flexibility index (Phi) is 7.74. The van der Waals surface area contributed by atoms with Gasteiger partial charge in [-0.1, -0.05) is 78.9 Å². The maximum Gasteiger partial charge on any atom is 0.335 e. The summed E-state index contributed by atoms with van der Waals surface area (Å²) in [6, 6.07) is 34.4. The topological polar surface area (TPSA) is 49.8 Å². The van der Waals surface area contributed by atoms with Gasteiger partial charge in [-0.15, -0.1) is 0 Å². The van der Waals surface area contributed by atoms with Crippen molar-refractivity contribution in [1.29, 1.82) is 0 Å². The van der Waals surface area contributed by atoms with E-state index in [1.807, 2.05) is 24.3 Å². The van der Waals surface area contributed by atoms with Crippen LogP contribution in [0.15, 0.2) is 103 Å². The van der Waals surface area contributed by atoms with Crippen molar-refractivity contribution in [3.8, 4) is 16.9 Å². The van der Waals surface area contributed by atoms with Gasteiger partial charge in [0.2, 0.25) is 0 Å². The number of ether oxygens (including phenoxy) is 1. The van der Waals surface area contributed by atoms with Crippen LogP contribution in [0.3, 0.4) is 0 Å². The largest absolute Gasteiger partial charge is 0.497 e. The highest BCUT2D eigenvalue weighted by Crippen LogP contribution is 2.22. The lowest BCUT2D eigenvalue weighted by Gasteiger charge is -2.23. The van der Waals surface area contributed by atoms with Crippen molar-refractivity contribution in [1.82, 2.24) is 4.90 Å². The zero-order chi connectivity index (χ0) is 23.8. The van der Waals surface area contributed by atoms with Crippen LogP contribution >= 0.6 is 0 Å². The summed E-state index contributed by atoms with van der Waals surface area (Å²) in [6.45, 7) is 2.65. The summed E-state index contributed by atoms with van der Waals surface area (Å²) in [5, 5.41) is 9.10. The molecule has 4 rings (SSSR count). The molecule has 0 aliphatic carbocycles. The number of carbonyl (C=O) groups is 1. The predicted octanol–water partition coefficient (Wildman–Crippen LogP) is 6.31. The molecular weight excluding hydrogens is 422 g/mol. The summed E-state index contributed by atoms with van der Waals surface area (Å²) in [5.74, 6) is -0.0408. The fourth-order valence-electron chi connectivity index (χ4n) is 4.00. The van der Waals surface area contributed by atoms with E-state index in [9.17, 15) is 4.79 Å². The molecule has 34 heavy (non-hydrogen) atoms. The van der Waals surface area contributed by atoms with Crippen molar-refractivity contribution in [2.45, 2.75) is 19.5 Å². The fraction of sp³-hybridized carbons (Fsp3) is 0.167. The number of carboxylic acids is 1. The third-order valence-corrected chi connectivity index (χ3v) is 5.95. The monoisotopic (exact) mass is 451 g/mol. The van der Waals surface area contributed by atoms with E-state index in [1.165, 1.54) is 16.7 Å². The second-order valence-electron chi connectivity index (χ2n) is 8.37. The minimum atomic E-state index is -0.908. The molecule has 1 N–H and O–H groups in total. The van der Waals surface area contributed by atoms with Crippen LogP contribution in [0.25, 0.3) is 11.1 Å².